The standard InChI is InChI=1S/C19H26F4IN3O2S2/c1-16(2,3)30(28)27-18(6,14-9-13(24)7-8-15(14)20)12-31(29,17(4,5)10-25)26-11-19(21,22)23/h7-9,27H,11-12H2,1-6H3/t18-,30+,31-/m0/s1. The lowest BCUT2D eigenvalue weighted by molar-refractivity contribution is -0.117. The number of alkyl halides is 3. The van der Waals surface area contributed by atoms with Crippen molar-refractivity contribution in [2.45, 2.75) is 62.8 Å². The van der Waals surface area contributed by atoms with Gasteiger partial charge in [0.05, 0.1) is 42.8 Å². The smallest absolute Gasteiger partial charge is 0.248 e. The van der Waals surface area contributed by atoms with Crippen LogP contribution in [0.1, 0.15) is 47.1 Å². The molecule has 3 atom stereocenters. The van der Waals surface area contributed by atoms with E-state index in [1.54, 1.807) is 26.8 Å². The minimum absolute atomic E-state index is 0.0272. The molecule has 176 valence electrons. The van der Waals surface area contributed by atoms with Crippen LogP contribution in [0.5, 0.6) is 0 Å². The van der Waals surface area contributed by atoms with E-state index in [2.05, 4.69) is 9.08 Å². The minimum atomic E-state index is -4.74. The van der Waals surface area contributed by atoms with Gasteiger partial charge in [0.2, 0.25) is 0 Å². The lowest BCUT2D eigenvalue weighted by Crippen LogP contribution is -2.52. The average molecular weight is 595 g/mol. The van der Waals surface area contributed by atoms with Gasteiger partial charge in [-0.15, -0.1) is 0 Å². The molecule has 0 spiro atoms. The highest BCUT2D eigenvalue weighted by Gasteiger charge is 2.44. The fourth-order valence-corrected chi connectivity index (χ4v) is 6.23. The van der Waals surface area contributed by atoms with Crippen LogP contribution in [0.25, 0.3) is 0 Å². The van der Waals surface area contributed by atoms with E-state index in [1.165, 1.54) is 39.0 Å². The molecular weight excluding hydrogens is 569 g/mol. The topological polar surface area (TPSA) is 82.3 Å². The Labute approximate surface area is 197 Å². The Morgan fingerprint density at radius 2 is 1.74 bits per heavy atom. The SMILES string of the molecule is CC(C)(C)[S@@](=O)N[C@@](C)(C[S@@](=O)(=NCC(F)(F)F)C(C)(C)C#N)c1cc(I)ccc1F. The van der Waals surface area contributed by atoms with E-state index in [0.717, 1.165) is 0 Å². The number of hydrogen-bond donors (Lipinski definition) is 1. The van der Waals surface area contributed by atoms with Crippen LogP contribution in [0.2, 0.25) is 0 Å². The number of nitriles is 1. The summed E-state index contributed by atoms with van der Waals surface area (Å²) in [6.45, 7) is 7.11. The predicted molar refractivity (Wildman–Crippen MR) is 124 cm³/mol. The van der Waals surface area contributed by atoms with Crippen LogP contribution in [0.3, 0.4) is 0 Å². The third kappa shape index (κ3) is 7.36. The summed E-state index contributed by atoms with van der Waals surface area (Å²) >= 11 is 1.93. The van der Waals surface area contributed by atoms with Crippen molar-refractivity contribution in [3.8, 4) is 6.07 Å². The molecular formula is C19H26F4IN3O2S2. The molecule has 0 heterocycles. The van der Waals surface area contributed by atoms with Crippen molar-refractivity contribution in [1.82, 2.24) is 4.72 Å². The largest absolute Gasteiger partial charge is 0.408 e. The highest BCUT2D eigenvalue weighted by atomic mass is 127. The van der Waals surface area contributed by atoms with E-state index < -0.39 is 60.0 Å². The van der Waals surface area contributed by atoms with Crippen molar-refractivity contribution < 1.29 is 26.0 Å². The molecule has 0 bridgehead atoms. The van der Waals surface area contributed by atoms with Gasteiger partial charge < -0.3 is 0 Å². The zero-order valence-corrected chi connectivity index (χ0v) is 21.9. The van der Waals surface area contributed by atoms with E-state index in [0.29, 0.717) is 3.57 Å². The first-order valence-electron chi connectivity index (χ1n) is 9.10. The summed E-state index contributed by atoms with van der Waals surface area (Å²) in [5, 5.41) is 9.51. The number of nitrogens with zero attached hydrogens (tertiary/aromatic N) is 2. The second-order valence-corrected chi connectivity index (χ2v) is 14.8. The predicted octanol–water partition coefficient (Wildman–Crippen LogP) is 5.03. The third-order valence-electron chi connectivity index (χ3n) is 4.40. The van der Waals surface area contributed by atoms with Crippen molar-refractivity contribution in [1.29, 1.82) is 5.26 Å². The number of nitrogens with one attached hydrogen (secondary N) is 1. The lowest BCUT2D eigenvalue weighted by Gasteiger charge is -2.37. The van der Waals surface area contributed by atoms with Crippen LogP contribution in [0, 0.1) is 20.7 Å². The maximum atomic E-state index is 14.8. The molecule has 12 heteroatoms. The molecule has 31 heavy (non-hydrogen) atoms. The maximum Gasteiger partial charge on any atom is 0.408 e. The van der Waals surface area contributed by atoms with Gasteiger partial charge in [0.25, 0.3) is 0 Å². The first-order valence-corrected chi connectivity index (χ1v) is 13.0. The summed E-state index contributed by atoms with van der Waals surface area (Å²) in [7, 11) is -5.70. The molecule has 0 aliphatic heterocycles. The second kappa shape index (κ2) is 9.61. The fourth-order valence-electron chi connectivity index (χ4n) is 2.47. The van der Waals surface area contributed by atoms with Gasteiger partial charge in [-0.3, -0.25) is 0 Å². The normalized spacial score (nSPS) is 17.9. The summed E-state index contributed by atoms with van der Waals surface area (Å²) < 4.78 is 84.3. The monoisotopic (exact) mass is 595 g/mol. The van der Waals surface area contributed by atoms with Gasteiger partial charge in [-0.1, -0.05) is 0 Å². The number of halogens is 5. The highest BCUT2D eigenvalue weighted by molar-refractivity contribution is 14.1. The van der Waals surface area contributed by atoms with E-state index in [-0.39, 0.29) is 5.56 Å². The van der Waals surface area contributed by atoms with Gasteiger partial charge in [-0.2, -0.15) is 18.4 Å². The van der Waals surface area contributed by atoms with Crippen molar-refractivity contribution in [2.75, 3.05) is 12.3 Å². The minimum Gasteiger partial charge on any atom is -0.248 e. The molecule has 0 radical (unpaired) electrons. The van der Waals surface area contributed by atoms with E-state index in [9.17, 15) is 31.2 Å². The Kier molecular flexibility index (Phi) is 8.75. The molecule has 0 fully saturated rings. The van der Waals surface area contributed by atoms with Crippen LogP contribution in [0.4, 0.5) is 17.6 Å². The summed E-state index contributed by atoms with van der Waals surface area (Å²) in [5.41, 5.74) is -1.68. The molecule has 0 amide bonds. The van der Waals surface area contributed by atoms with Crippen molar-refractivity contribution in [3.63, 3.8) is 0 Å². The molecule has 1 aromatic carbocycles. The molecule has 0 aromatic heterocycles. The zero-order chi connectivity index (χ0) is 24.5. The van der Waals surface area contributed by atoms with Gasteiger partial charge in [0, 0.05) is 9.13 Å². The van der Waals surface area contributed by atoms with Crippen LogP contribution < -0.4 is 4.72 Å². The molecule has 1 N–H and O–H groups in total. The summed E-state index contributed by atoms with van der Waals surface area (Å²) in [6, 6.07) is 5.86. The molecule has 0 aliphatic rings. The quantitative estimate of drug-likeness (QED) is 0.355. The Morgan fingerprint density at radius 3 is 2.19 bits per heavy atom. The molecule has 0 saturated carbocycles. The maximum absolute atomic E-state index is 14.8. The molecule has 0 unspecified atom stereocenters. The van der Waals surface area contributed by atoms with Crippen LogP contribution in [0.15, 0.2) is 22.6 Å². The highest BCUT2D eigenvalue weighted by Crippen LogP contribution is 2.34. The van der Waals surface area contributed by atoms with Crippen molar-refractivity contribution in [3.05, 3.63) is 33.1 Å². The Morgan fingerprint density at radius 1 is 1.19 bits per heavy atom. The Bertz CT molecular complexity index is 1010. The fraction of sp³-hybridized carbons (Fsp3) is 0.632. The second-order valence-electron chi connectivity index (χ2n) is 8.75. The van der Waals surface area contributed by atoms with E-state index in [4.69, 9.17) is 0 Å². The first-order chi connectivity index (χ1) is 13.8. The van der Waals surface area contributed by atoms with Gasteiger partial charge in [-0.25, -0.2) is 21.9 Å². The molecule has 1 aromatic rings. The molecule has 1 rings (SSSR count). The Balaban J connectivity index is 3.78. The molecule has 0 aliphatic carbocycles. The summed E-state index contributed by atoms with van der Waals surface area (Å²) in [6.07, 6.45) is -4.74. The molecule has 0 saturated heterocycles. The van der Waals surface area contributed by atoms with Gasteiger partial charge >= 0.3 is 6.18 Å². The van der Waals surface area contributed by atoms with E-state index >= 15 is 0 Å². The van der Waals surface area contributed by atoms with Crippen LogP contribution >= 0.6 is 22.6 Å². The third-order valence-corrected chi connectivity index (χ3v) is 10.0. The number of hydrogen-bond acceptors (Lipinski definition) is 4. The van der Waals surface area contributed by atoms with Crippen molar-refractivity contribution in [2.24, 2.45) is 4.36 Å². The summed E-state index contributed by atoms with van der Waals surface area (Å²) in [5.74, 6) is -1.37. The van der Waals surface area contributed by atoms with E-state index in [1.807, 2.05) is 22.6 Å². The van der Waals surface area contributed by atoms with Crippen LogP contribution in [-0.4, -0.2) is 36.4 Å². The van der Waals surface area contributed by atoms with Gasteiger partial charge in [0.1, 0.15) is 17.1 Å². The first kappa shape index (κ1) is 28.3. The summed E-state index contributed by atoms with van der Waals surface area (Å²) in [4.78, 5) is 0. The number of rotatable bonds is 7. The Hall–Kier alpha value is -0.780. The zero-order valence-electron chi connectivity index (χ0n) is 18.1. The molecule has 5 nitrogen and oxygen atoms in total. The lowest BCUT2D eigenvalue weighted by atomic mass is 9.95. The average Bonchev–Trinajstić information content (AvgIpc) is 2.60. The van der Waals surface area contributed by atoms with Gasteiger partial charge in [0.15, 0.2) is 0 Å². The van der Waals surface area contributed by atoms with Crippen LogP contribution in [-0.2, 0) is 26.3 Å². The van der Waals surface area contributed by atoms with Gasteiger partial charge in [-0.05, 0) is 82.3 Å². The number of benzene rings is 1. The van der Waals surface area contributed by atoms with Crippen molar-refractivity contribution >= 4 is 43.3 Å².